The van der Waals surface area contributed by atoms with Gasteiger partial charge in [-0.25, -0.2) is 0 Å². The molecule has 0 aliphatic rings. The summed E-state index contributed by atoms with van der Waals surface area (Å²) in [6.45, 7) is 6.33. The summed E-state index contributed by atoms with van der Waals surface area (Å²) in [6, 6.07) is 0. The molecule has 0 aliphatic heterocycles. The van der Waals surface area contributed by atoms with Gasteiger partial charge in [0.15, 0.2) is 6.10 Å². The Balaban J connectivity index is 4.56. The largest absolute Gasteiger partial charge is 0.462 e. The van der Waals surface area contributed by atoms with Crippen LogP contribution in [0, 0.1) is 0 Å². The predicted octanol–water partition coefficient (Wildman–Crippen LogP) is 21.7. The average molecular weight is 1080 g/mol. The highest BCUT2D eigenvalue weighted by atomic mass is 16.6. The van der Waals surface area contributed by atoms with Gasteiger partial charge in [-0.05, 0) is 148 Å². The second-order valence-electron chi connectivity index (χ2n) is 20.2. The van der Waals surface area contributed by atoms with Gasteiger partial charge in [0.2, 0.25) is 0 Å². The van der Waals surface area contributed by atoms with Crippen molar-refractivity contribution in [2.24, 2.45) is 0 Å². The third kappa shape index (κ3) is 61.9. The van der Waals surface area contributed by atoms with E-state index in [2.05, 4.69) is 179 Å². The molecule has 0 aliphatic carbocycles. The Kier molecular flexibility index (Phi) is 60.4. The Morgan fingerprint density at radius 2 is 0.500 bits per heavy atom. The number of rotatable bonds is 55. The molecule has 0 saturated heterocycles. The second-order valence-corrected chi connectivity index (χ2v) is 20.2. The molecule has 0 radical (unpaired) electrons. The summed E-state index contributed by atoms with van der Waals surface area (Å²) in [5, 5.41) is 0. The molecule has 1 unspecified atom stereocenters. The van der Waals surface area contributed by atoms with Crippen molar-refractivity contribution in [2.75, 3.05) is 13.2 Å². The first kappa shape index (κ1) is 73.0. The molecule has 6 heteroatoms. The lowest BCUT2D eigenvalue weighted by molar-refractivity contribution is -0.167. The van der Waals surface area contributed by atoms with E-state index in [-0.39, 0.29) is 37.5 Å². The van der Waals surface area contributed by atoms with Crippen molar-refractivity contribution >= 4 is 17.9 Å². The van der Waals surface area contributed by atoms with Crippen LogP contribution in [-0.2, 0) is 28.6 Å². The zero-order valence-electron chi connectivity index (χ0n) is 50.1. The number of esters is 3. The third-order valence-corrected chi connectivity index (χ3v) is 12.7. The minimum absolute atomic E-state index is 0.111. The van der Waals surface area contributed by atoms with Crippen LogP contribution in [0.4, 0.5) is 0 Å². The van der Waals surface area contributed by atoms with Crippen molar-refractivity contribution in [3.63, 3.8) is 0 Å². The lowest BCUT2D eigenvalue weighted by Gasteiger charge is -2.18. The molecule has 0 bridgehead atoms. The van der Waals surface area contributed by atoms with Crippen molar-refractivity contribution in [3.8, 4) is 0 Å². The van der Waals surface area contributed by atoms with Crippen molar-refractivity contribution in [2.45, 2.75) is 264 Å². The summed E-state index contributed by atoms with van der Waals surface area (Å²) >= 11 is 0. The van der Waals surface area contributed by atoms with Crippen LogP contribution in [0.5, 0.6) is 0 Å². The van der Waals surface area contributed by atoms with E-state index in [1.807, 2.05) is 0 Å². The predicted molar refractivity (Wildman–Crippen MR) is 338 cm³/mol. The summed E-state index contributed by atoms with van der Waals surface area (Å²) in [6.07, 6.45) is 93.8. The quantitative estimate of drug-likeness (QED) is 0.0261. The molecule has 0 heterocycles. The zero-order chi connectivity index (χ0) is 56.4. The molecule has 0 N–H and O–H groups in total. The van der Waals surface area contributed by atoms with E-state index in [0.29, 0.717) is 19.3 Å². The molecule has 6 nitrogen and oxygen atoms in total. The van der Waals surface area contributed by atoms with Gasteiger partial charge < -0.3 is 14.2 Å². The van der Waals surface area contributed by atoms with E-state index >= 15 is 0 Å². The van der Waals surface area contributed by atoms with Crippen molar-refractivity contribution in [1.82, 2.24) is 0 Å². The van der Waals surface area contributed by atoms with Crippen LogP contribution >= 0.6 is 0 Å². The number of unbranched alkanes of at least 4 members (excludes halogenated alkanes) is 18. The minimum Gasteiger partial charge on any atom is -0.462 e. The van der Waals surface area contributed by atoms with Gasteiger partial charge in [0.25, 0.3) is 0 Å². The summed E-state index contributed by atoms with van der Waals surface area (Å²) in [4.78, 5) is 38.3. The molecule has 0 amide bonds. The van der Waals surface area contributed by atoms with Gasteiger partial charge in [0, 0.05) is 19.3 Å². The number of ether oxygens (including phenoxy) is 3. The first-order chi connectivity index (χ1) is 38.5. The van der Waals surface area contributed by atoms with E-state index in [0.717, 1.165) is 154 Å². The van der Waals surface area contributed by atoms with Crippen LogP contribution in [0.15, 0.2) is 158 Å². The monoisotopic (exact) mass is 1070 g/mol. The molecular formula is C72H114O6. The maximum Gasteiger partial charge on any atom is 0.306 e. The molecule has 1 atom stereocenters. The minimum atomic E-state index is -0.820. The van der Waals surface area contributed by atoms with E-state index in [4.69, 9.17) is 14.2 Å². The zero-order valence-corrected chi connectivity index (χ0v) is 50.1. The van der Waals surface area contributed by atoms with Crippen LogP contribution in [0.2, 0.25) is 0 Å². The number of allylic oxidation sites excluding steroid dienone is 26. The van der Waals surface area contributed by atoms with Gasteiger partial charge >= 0.3 is 17.9 Å². The van der Waals surface area contributed by atoms with Crippen LogP contribution in [-0.4, -0.2) is 37.2 Å². The summed E-state index contributed by atoms with van der Waals surface area (Å²) in [5.41, 5.74) is 0. The fourth-order valence-electron chi connectivity index (χ4n) is 8.09. The van der Waals surface area contributed by atoms with Crippen LogP contribution < -0.4 is 0 Å². The van der Waals surface area contributed by atoms with Crippen molar-refractivity contribution in [1.29, 1.82) is 0 Å². The smallest absolute Gasteiger partial charge is 0.306 e. The number of carbonyl (C=O) groups excluding carboxylic acids is 3. The van der Waals surface area contributed by atoms with Gasteiger partial charge in [0.1, 0.15) is 13.2 Å². The van der Waals surface area contributed by atoms with E-state index < -0.39 is 6.10 Å². The van der Waals surface area contributed by atoms with Gasteiger partial charge in [-0.15, -0.1) is 0 Å². The first-order valence-corrected chi connectivity index (χ1v) is 31.5. The van der Waals surface area contributed by atoms with Crippen molar-refractivity contribution in [3.05, 3.63) is 158 Å². The third-order valence-electron chi connectivity index (χ3n) is 12.7. The molecule has 0 rings (SSSR count). The number of hydrogen-bond acceptors (Lipinski definition) is 6. The van der Waals surface area contributed by atoms with Gasteiger partial charge in [-0.3, -0.25) is 14.4 Å². The number of carbonyl (C=O) groups is 3. The van der Waals surface area contributed by atoms with E-state index in [9.17, 15) is 14.4 Å². The lowest BCUT2D eigenvalue weighted by atomic mass is 10.1. The van der Waals surface area contributed by atoms with Crippen LogP contribution in [0.3, 0.4) is 0 Å². The summed E-state index contributed by atoms with van der Waals surface area (Å²) in [7, 11) is 0. The Labute approximate surface area is 480 Å². The summed E-state index contributed by atoms with van der Waals surface area (Å²) in [5.74, 6) is -0.985. The topological polar surface area (TPSA) is 78.9 Å². The maximum atomic E-state index is 12.9. The SMILES string of the molecule is CC/C=C\C/C=C\C/C=C\C/C=C\C/C=C\C/C=C\CCCCC(=O)OCC(COC(=O)CCCCCCCCC/C=C\C/C=C\CCCCCC)OC(=O)CCCCCCC/C=C\C/C=C\C/C=C\C/C=C\C/C=C\CC. The molecule has 0 aromatic carbocycles. The second kappa shape index (κ2) is 64.6. The highest BCUT2D eigenvalue weighted by Gasteiger charge is 2.19. The molecule has 0 aromatic heterocycles. The molecule has 78 heavy (non-hydrogen) atoms. The highest BCUT2D eigenvalue weighted by molar-refractivity contribution is 5.71. The fraction of sp³-hybridized carbons (Fsp3) is 0.597. The fourth-order valence-corrected chi connectivity index (χ4v) is 8.09. The van der Waals surface area contributed by atoms with E-state index in [1.54, 1.807) is 0 Å². The molecule has 0 spiro atoms. The highest BCUT2D eigenvalue weighted by Crippen LogP contribution is 2.14. The van der Waals surface area contributed by atoms with Gasteiger partial charge in [0.05, 0.1) is 0 Å². The van der Waals surface area contributed by atoms with Gasteiger partial charge in [-0.2, -0.15) is 0 Å². The Morgan fingerprint density at radius 3 is 0.808 bits per heavy atom. The molecule has 0 saturated carbocycles. The van der Waals surface area contributed by atoms with Crippen LogP contribution in [0.25, 0.3) is 0 Å². The van der Waals surface area contributed by atoms with Crippen LogP contribution in [0.1, 0.15) is 258 Å². The average Bonchev–Trinajstić information content (AvgIpc) is 3.44. The normalized spacial score (nSPS) is 13.2. The molecule has 0 aromatic rings. The van der Waals surface area contributed by atoms with Crippen molar-refractivity contribution < 1.29 is 28.6 Å². The molecule has 438 valence electrons. The molecule has 0 fully saturated rings. The van der Waals surface area contributed by atoms with E-state index in [1.165, 1.54) is 57.8 Å². The first-order valence-electron chi connectivity index (χ1n) is 31.5. The maximum absolute atomic E-state index is 12.9. The molecular weight excluding hydrogens is 961 g/mol. The lowest BCUT2D eigenvalue weighted by Crippen LogP contribution is -2.30. The van der Waals surface area contributed by atoms with Gasteiger partial charge in [-0.1, -0.05) is 249 Å². The number of hydrogen-bond donors (Lipinski definition) is 0. The standard InChI is InChI=1S/C72H114O6/c1-4-7-10-13-16-19-22-25-28-31-34-36-38-41-44-47-50-53-56-59-62-65-71(74)77-68-69(67-76-70(73)64-61-58-55-52-49-46-43-40-33-30-27-24-21-18-15-12-9-6-3)78-72(75)66-63-60-57-54-51-48-45-42-39-37-35-32-29-26-23-20-17-14-11-8-5-2/h7-8,10-11,16-17,19-21,24-26,28-30,33-37,41-42,44-45,50,53,69H,4-6,9,12-15,18,22-23,27,31-32,38-40,43,46-49,51-52,54-68H2,1-3H3/b10-7-,11-8-,19-16-,20-17-,24-21-,28-25-,29-26-,33-30-,36-34-,37-35-,44-41-,45-42-,53-50-. The Morgan fingerprint density at radius 1 is 0.269 bits per heavy atom. The Bertz CT molecular complexity index is 1760. The Hall–Kier alpha value is -4.97. The summed E-state index contributed by atoms with van der Waals surface area (Å²) < 4.78 is 16.9.